The molecule has 2 heterocycles. The third kappa shape index (κ3) is 1.92. The minimum atomic E-state index is 0. The summed E-state index contributed by atoms with van der Waals surface area (Å²) in [5, 5.41) is 3.34. The first-order valence-electron chi connectivity index (χ1n) is 3.70. The Bertz CT molecular complexity index is 149. The molecule has 0 aliphatic carbocycles. The fourth-order valence-corrected chi connectivity index (χ4v) is 1.65. The van der Waals surface area contributed by atoms with Crippen molar-refractivity contribution in [3.05, 3.63) is 0 Å². The molecule has 2 bridgehead atoms. The van der Waals surface area contributed by atoms with Gasteiger partial charge >= 0.3 is 0 Å². The van der Waals surface area contributed by atoms with Crippen molar-refractivity contribution in [2.75, 3.05) is 13.2 Å². The number of morpholine rings is 1. The average Bonchev–Trinajstić information content (AvgIpc) is 1.85. The molecule has 1 N–H and O–H groups in total. The standard InChI is InChI=1S/C7H11NO2.ClH/c9-7-1-5-3-10-4-6(2-7)8-5;/h5-6,8H,1-4H2;1H. The maximum absolute atomic E-state index is 11.0. The van der Waals surface area contributed by atoms with Gasteiger partial charge in [0.05, 0.1) is 13.2 Å². The molecule has 0 aromatic rings. The van der Waals surface area contributed by atoms with Crippen molar-refractivity contribution in [3.8, 4) is 0 Å². The number of carbonyl (C=O) groups excluding carboxylic acids is 1. The van der Waals surface area contributed by atoms with Crippen LogP contribution in [-0.4, -0.2) is 31.1 Å². The van der Waals surface area contributed by atoms with Gasteiger partial charge in [-0.1, -0.05) is 0 Å². The van der Waals surface area contributed by atoms with Crippen molar-refractivity contribution >= 4 is 18.2 Å². The maximum Gasteiger partial charge on any atom is 0.136 e. The molecule has 0 aromatic heterocycles. The summed E-state index contributed by atoms with van der Waals surface area (Å²) in [5.74, 6) is 0.386. The Labute approximate surface area is 71.9 Å². The smallest absolute Gasteiger partial charge is 0.136 e. The molecule has 0 aromatic carbocycles. The Hall–Kier alpha value is -0.120. The molecule has 2 aliphatic heterocycles. The number of hydrogen-bond donors (Lipinski definition) is 1. The summed E-state index contributed by atoms with van der Waals surface area (Å²) >= 11 is 0. The fraction of sp³-hybridized carbons (Fsp3) is 0.857. The molecule has 3 nitrogen and oxygen atoms in total. The lowest BCUT2D eigenvalue weighted by Crippen LogP contribution is -2.54. The molecule has 0 radical (unpaired) electrons. The molecule has 2 rings (SSSR count). The Balaban J connectivity index is 0.000000605. The quantitative estimate of drug-likeness (QED) is 0.572. The number of halogens is 1. The van der Waals surface area contributed by atoms with Crippen LogP contribution in [0.25, 0.3) is 0 Å². The Kier molecular flexibility index (Phi) is 2.87. The highest BCUT2D eigenvalue weighted by Crippen LogP contribution is 2.14. The number of piperidine rings is 1. The van der Waals surface area contributed by atoms with Gasteiger partial charge < -0.3 is 10.1 Å². The van der Waals surface area contributed by atoms with E-state index in [4.69, 9.17) is 4.74 Å². The van der Waals surface area contributed by atoms with Crippen LogP contribution in [0.4, 0.5) is 0 Å². The second-order valence-corrected chi connectivity index (χ2v) is 3.04. The molecule has 2 aliphatic rings. The Morgan fingerprint density at radius 2 is 1.82 bits per heavy atom. The molecule has 2 atom stereocenters. The van der Waals surface area contributed by atoms with E-state index in [9.17, 15) is 4.79 Å². The molecule has 2 fully saturated rings. The van der Waals surface area contributed by atoms with Crippen molar-refractivity contribution < 1.29 is 9.53 Å². The van der Waals surface area contributed by atoms with Crippen LogP contribution >= 0.6 is 12.4 Å². The highest BCUT2D eigenvalue weighted by atomic mass is 35.5. The number of nitrogens with one attached hydrogen (secondary N) is 1. The minimum absolute atomic E-state index is 0. The lowest BCUT2D eigenvalue weighted by atomic mass is 9.96. The summed E-state index contributed by atoms with van der Waals surface area (Å²) in [4.78, 5) is 11.0. The van der Waals surface area contributed by atoms with Gasteiger partial charge in [-0.3, -0.25) is 4.79 Å². The Morgan fingerprint density at radius 3 is 2.36 bits per heavy atom. The van der Waals surface area contributed by atoms with Crippen LogP contribution in [0.3, 0.4) is 0 Å². The van der Waals surface area contributed by atoms with Crippen LogP contribution in [0.1, 0.15) is 12.8 Å². The lowest BCUT2D eigenvalue weighted by molar-refractivity contribution is -0.125. The van der Waals surface area contributed by atoms with E-state index in [-0.39, 0.29) is 12.4 Å². The zero-order valence-corrected chi connectivity index (χ0v) is 7.02. The summed E-state index contributed by atoms with van der Waals surface area (Å²) in [6, 6.07) is 0.611. The second-order valence-electron chi connectivity index (χ2n) is 3.04. The summed E-state index contributed by atoms with van der Waals surface area (Å²) in [6.07, 6.45) is 1.33. The van der Waals surface area contributed by atoms with Gasteiger partial charge in [-0.25, -0.2) is 0 Å². The van der Waals surface area contributed by atoms with E-state index in [1.165, 1.54) is 0 Å². The first-order valence-corrected chi connectivity index (χ1v) is 3.70. The second kappa shape index (κ2) is 3.52. The molecule has 0 saturated carbocycles. The number of hydrogen-bond acceptors (Lipinski definition) is 3. The fourth-order valence-electron chi connectivity index (χ4n) is 1.65. The average molecular weight is 178 g/mol. The number of ether oxygens (including phenoxy) is 1. The number of rotatable bonds is 0. The topological polar surface area (TPSA) is 38.3 Å². The Morgan fingerprint density at radius 1 is 1.27 bits per heavy atom. The van der Waals surface area contributed by atoms with Crippen LogP contribution in [-0.2, 0) is 9.53 Å². The van der Waals surface area contributed by atoms with Gasteiger partial charge in [-0.15, -0.1) is 12.4 Å². The number of Topliss-reactive ketones (excluding diaryl/α,β-unsaturated/α-hetero) is 1. The SMILES string of the molecule is Cl.O=C1CC2COCC(C1)N2. The van der Waals surface area contributed by atoms with Crippen LogP contribution in [0.5, 0.6) is 0 Å². The highest BCUT2D eigenvalue weighted by molar-refractivity contribution is 5.85. The van der Waals surface area contributed by atoms with Crippen molar-refractivity contribution in [3.63, 3.8) is 0 Å². The lowest BCUT2D eigenvalue weighted by Gasteiger charge is -2.34. The van der Waals surface area contributed by atoms with E-state index in [2.05, 4.69) is 5.32 Å². The number of ketones is 1. The van der Waals surface area contributed by atoms with Gasteiger partial charge in [0.15, 0.2) is 0 Å². The van der Waals surface area contributed by atoms with Gasteiger partial charge in [-0.2, -0.15) is 0 Å². The molecule has 2 saturated heterocycles. The van der Waals surface area contributed by atoms with Gasteiger partial charge in [-0.05, 0) is 0 Å². The summed E-state index contributed by atoms with van der Waals surface area (Å²) in [5.41, 5.74) is 0. The zero-order chi connectivity index (χ0) is 6.97. The predicted octanol–water partition coefficient (Wildman–Crippen LogP) is 0.128. The summed E-state index contributed by atoms with van der Waals surface area (Å²) < 4.78 is 5.27. The van der Waals surface area contributed by atoms with Gasteiger partial charge in [0.25, 0.3) is 0 Å². The van der Waals surface area contributed by atoms with Crippen molar-refractivity contribution in [2.45, 2.75) is 24.9 Å². The van der Waals surface area contributed by atoms with Crippen LogP contribution in [0.2, 0.25) is 0 Å². The molecular weight excluding hydrogens is 166 g/mol. The van der Waals surface area contributed by atoms with Gasteiger partial charge in [0, 0.05) is 24.9 Å². The third-order valence-corrected chi connectivity index (χ3v) is 2.06. The predicted molar refractivity (Wildman–Crippen MR) is 43.0 cm³/mol. The largest absolute Gasteiger partial charge is 0.378 e. The van der Waals surface area contributed by atoms with E-state index in [1.54, 1.807) is 0 Å². The molecule has 4 heteroatoms. The van der Waals surface area contributed by atoms with E-state index in [1.807, 2.05) is 0 Å². The first kappa shape index (κ1) is 8.97. The normalized spacial score (nSPS) is 36.2. The molecular formula is C7H12ClNO2. The molecule has 11 heavy (non-hydrogen) atoms. The minimum Gasteiger partial charge on any atom is -0.378 e. The molecule has 0 amide bonds. The number of fused-ring (bicyclic) bond motifs is 2. The highest BCUT2D eigenvalue weighted by Gasteiger charge is 2.29. The molecule has 64 valence electrons. The summed E-state index contributed by atoms with van der Waals surface area (Å²) in [7, 11) is 0. The van der Waals surface area contributed by atoms with E-state index in [0.717, 1.165) is 0 Å². The van der Waals surface area contributed by atoms with Crippen LogP contribution in [0.15, 0.2) is 0 Å². The number of carbonyl (C=O) groups is 1. The van der Waals surface area contributed by atoms with Crippen LogP contribution < -0.4 is 5.32 Å². The zero-order valence-electron chi connectivity index (χ0n) is 6.21. The van der Waals surface area contributed by atoms with Crippen molar-refractivity contribution in [1.29, 1.82) is 0 Å². The van der Waals surface area contributed by atoms with Crippen molar-refractivity contribution in [2.24, 2.45) is 0 Å². The van der Waals surface area contributed by atoms with E-state index >= 15 is 0 Å². The monoisotopic (exact) mass is 177 g/mol. The first-order chi connectivity index (χ1) is 4.84. The van der Waals surface area contributed by atoms with Gasteiger partial charge in [0.2, 0.25) is 0 Å². The van der Waals surface area contributed by atoms with E-state index in [0.29, 0.717) is 43.9 Å². The molecule has 2 unspecified atom stereocenters. The maximum atomic E-state index is 11.0. The summed E-state index contributed by atoms with van der Waals surface area (Å²) in [6.45, 7) is 1.42. The molecule has 0 spiro atoms. The van der Waals surface area contributed by atoms with E-state index < -0.39 is 0 Å². The third-order valence-electron chi connectivity index (χ3n) is 2.06. The van der Waals surface area contributed by atoms with Gasteiger partial charge in [0.1, 0.15) is 5.78 Å². The van der Waals surface area contributed by atoms with Crippen LogP contribution in [0, 0.1) is 0 Å². The van der Waals surface area contributed by atoms with Crippen molar-refractivity contribution in [1.82, 2.24) is 5.32 Å².